The highest BCUT2D eigenvalue weighted by Crippen LogP contribution is 2.35. The van der Waals surface area contributed by atoms with Gasteiger partial charge in [0.25, 0.3) is 5.91 Å². The summed E-state index contributed by atoms with van der Waals surface area (Å²) in [6, 6.07) is 1.68. The molecule has 1 aliphatic heterocycles. The minimum atomic E-state index is -2.22. The predicted molar refractivity (Wildman–Crippen MR) is 72.6 cm³/mol. The number of ether oxygens (including phenoxy) is 1. The lowest BCUT2D eigenvalue weighted by molar-refractivity contribution is -0.286. The van der Waals surface area contributed by atoms with Crippen LogP contribution in [0.25, 0.3) is 16.7 Å². The Labute approximate surface area is 123 Å². The summed E-state index contributed by atoms with van der Waals surface area (Å²) in [5.74, 6) is -2.22. The zero-order valence-electron chi connectivity index (χ0n) is 11.3. The Morgan fingerprint density at radius 3 is 2.77 bits per heavy atom. The van der Waals surface area contributed by atoms with Crippen molar-refractivity contribution in [2.24, 2.45) is 0 Å². The lowest BCUT2D eigenvalue weighted by Crippen LogP contribution is -2.45. The summed E-state index contributed by atoms with van der Waals surface area (Å²) >= 11 is 0. The van der Waals surface area contributed by atoms with Gasteiger partial charge in [-0.1, -0.05) is 0 Å². The van der Waals surface area contributed by atoms with Gasteiger partial charge in [-0.05, 0) is 6.07 Å². The first kappa shape index (κ1) is 13.6. The molecule has 0 aliphatic carbocycles. The molecule has 9 heteroatoms. The summed E-state index contributed by atoms with van der Waals surface area (Å²) in [7, 11) is 0. The average molecular weight is 306 g/mol. The maximum Gasteiger partial charge on any atom is 0.284 e. The van der Waals surface area contributed by atoms with Gasteiger partial charge < -0.3 is 25.2 Å². The second-order valence-corrected chi connectivity index (χ2v) is 5.26. The van der Waals surface area contributed by atoms with E-state index in [9.17, 15) is 15.3 Å². The molecule has 4 N–H and O–H groups in total. The van der Waals surface area contributed by atoms with Crippen molar-refractivity contribution in [1.82, 2.24) is 18.9 Å². The van der Waals surface area contributed by atoms with Gasteiger partial charge >= 0.3 is 0 Å². The summed E-state index contributed by atoms with van der Waals surface area (Å²) in [5.41, 5.74) is 0.977. The van der Waals surface area contributed by atoms with Crippen molar-refractivity contribution in [1.29, 1.82) is 0 Å². The van der Waals surface area contributed by atoms with Crippen molar-refractivity contribution in [3.05, 3.63) is 31.0 Å². The number of fused-ring (bicyclic) bond motifs is 3. The van der Waals surface area contributed by atoms with Crippen molar-refractivity contribution in [2.45, 2.75) is 24.2 Å². The predicted octanol–water partition coefficient (Wildman–Crippen LogP) is -1.60. The molecule has 4 rings (SSSR count). The van der Waals surface area contributed by atoms with E-state index < -0.39 is 30.8 Å². The van der Waals surface area contributed by atoms with Crippen LogP contribution < -0.4 is 0 Å². The second-order valence-electron chi connectivity index (χ2n) is 5.26. The number of rotatable bonds is 2. The smallest absolute Gasteiger partial charge is 0.284 e. The first-order valence-corrected chi connectivity index (χ1v) is 6.72. The minimum Gasteiger partial charge on any atom is -0.394 e. The summed E-state index contributed by atoms with van der Waals surface area (Å²) in [4.78, 5) is 8.44. The van der Waals surface area contributed by atoms with Crippen LogP contribution in [0.4, 0.5) is 0 Å². The SMILES string of the molecule is OC[C@H]1O[C@](O)(n2ccc3c2ncn2ccnc32)[C@H](O)[C@@H]1O. The highest BCUT2D eigenvalue weighted by Gasteiger charge is 2.55. The van der Waals surface area contributed by atoms with Crippen molar-refractivity contribution in [3.63, 3.8) is 0 Å². The van der Waals surface area contributed by atoms with Gasteiger partial charge in [0.05, 0.1) is 12.0 Å². The topological polar surface area (TPSA) is 125 Å². The normalized spacial score (nSPS) is 32.3. The molecule has 1 fully saturated rings. The summed E-state index contributed by atoms with van der Waals surface area (Å²) < 4.78 is 8.21. The van der Waals surface area contributed by atoms with Crippen LogP contribution in [0.2, 0.25) is 0 Å². The van der Waals surface area contributed by atoms with Crippen LogP contribution in [-0.4, -0.2) is 64.3 Å². The molecule has 3 aromatic rings. The Morgan fingerprint density at radius 1 is 1.23 bits per heavy atom. The van der Waals surface area contributed by atoms with Crippen LogP contribution in [0, 0.1) is 0 Å². The fourth-order valence-electron chi connectivity index (χ4n) is 2.85. The van der Waals surface area contributed by atoms with Gasteiger partial charge in [-0.3, -0.25) is 8.97 Å². The van der Waals surface area contributed by atoms with E-state index in [2.05, 4.69) is 9.97 Å². The fraction of sp³-hybridized carbons (Fsp3) is 0.385. The Bertz CT molecular complexity index is 845. The van der Waals surface area contributed by atoms with Crippen LogP contribution in [0.5, 0.6) is 0 Å². The van der Waals surface area contributed by atoms with Crippen LogP contribution in [0.1, 0.15) is 0 Å². The summed E-state index contributed by atoms with van der Waals surface area (Å²) in [6.07, 6.45) is 2.23. The molecule has 3 aromatic heterocycles. The molecular weight excluding hydrogens is 292 g/mol. The maximum atomic E-state index is 10.7. The molecule has 116 valence electrons. The summed E-state index contributed by atoms with van der Waals surface area (Å²) in [5, 5.41) is 40.5. The standard InChI is InChI=1S/C13H14N4O5/c18-5-8-9(19)10(20)13(21,22-8)17-3-1-7-11-14-2-4-16(11)6-15-12(7)17/h1-4,6,8-10,18-21H,5H2/t8-,9-,10-,13+/m1/s1. The zero-order chi connectivity index (χ0) is 15.5. The minimum absolute atomic E-state index is 0.339. The Morgan fingerprint density at radius 2 is 2.05 bits per heavy atom. The zero-order valence-corrected chi connectivity index (χ0v) is 11.3. The number of hydrogen-bond donors (Lipinski definition) is 4. The van der Waals surface area contributed by atoms with Crippen LogP contribution in [-0.2, 0) is 10.6 Å². The molecule has 0 bridgehead atoms. The van der Waals surface area contributed by atoms with Gasteiger partial charge in [0, 0.05) is 18.6 Å². The van der Waals surface area contributed by atoms with E-state index in [1.54, 1.807) is 22.9 Å². The van der Waals surface area contributed by atoms with Crippen molar-refractivity contribution in [2.75, 3.05) is 6.61 Å². The molecular formula is C13H14N4O5. The highest BCUT2D eigenvalue weighted by atomic mass is 16.7. The third-order valence-electron chi connectivity index (χ3n) is 4.01. The van der Waals surface area contributed by atoms with E-state index in [1.807, 2.05) is 0 Å². The van der Waals surface area contributed by atoms with Gasteiger partial charge in [-0.15, -0.1) is 0 Å². The molecule has 1 aliphatic rings. The lowest BCUT2D eigenvalue weighted by Gasteiger charge is -2.27. The van der Waals surface area contributed by atoms with Gasteiger partial charge in [-0.2, -0.15) is 0 Å². The Kier molecular flexibility index (Phi) is 2.77. The molecule has 0 spiro atoms. The van der Waals surface area contributed by atoms with E-state index in [-0.39, 0.29) is 0 Å². The quantitative estimate of drug-likeness (QED) is 0.449. The molecule has 9 nitrogen and oxygen atoms in total. The highest BCUT2D eigenvalue weighted by molar-refractivity contribution is 5.89. The number of hydrogen-bond acceptors (Lipinski definition) is 7. The number of aliphatic hydroxyl groups excluding tert-OH is 3. The molecule has 4 atom stereocenters. The van der Waals surface area contributed by atoms with E-state index >= 15 is 0 Å². The van der Waals surface area contributed by atoms with Gasteiger partial charge in [0.2, 0.25) is 0 Å². The third kappa shape index (κ3) is 1.59. The number of nitrogens with zero attached hydrogens (tertiary/aromatic N) is 4. The lowest BCUT2D eigenvalue weighted by atomic mass is 10.1. The molecule has 0 aromatic carbocycles. The second kappa shape index (κ2) is 4.48. The largest absolute Gasteiger partial charge is 0.394 e. The molecule has 1 saturated heterocycles. The Balaban J connectivity index is 1.90. The van der Waals surface area contributed by atoms with E-state index in [1.165, 1.54) is 17.1 Å². The van der Waals surface area contributed by atoms with E-state index in [0.717, 1.165) is 0 Å². The Hall–Kier alpha value is -2.04. The fourth-order valence-corrected chi connectivity index (χ4v) is 2.85. The van der Waals surface area contributed by atoms with Crippen molar-refractivity contribution < 1.29 is 25.2 Å². The average Bonchev–Trinajstić information content (AvgIpc) is 3.19. The monoisotopic (exact) mass is 306 g/mol. The maximum absolute atomic E-state index is 10.7. The van der Waals surface area contributed by atoms with Gasteiger partial charge in [0.1, 0.15) is 29.8 Å². The molecule has 0 unspecified atom stereocenters. The van der Waals surface area contributed by atoms with Gasteiger partial charge in [-0.25, -0.2) is 9.97 Å². The van der Waals surface area contributed by atoms with E-state index in [4.69, 9.17) is 9.84 Å². The van der Waals surface area contributed by atoms with Crippen molar-refractivity contribution in [3.8, 4) is 0 Å². The number of aliphatic hydroxyl groups is 4. The molecule has 0 amide bonds. The van der Waals surface area contributed by atoms with Gasteiger partial charge in [0.15, 0.2) is 6.10 Å². The third-order valence-corrected chi connectivity index (χ3v) is 4.01. The van der Waals surface area contributed by atoms with Crippen LogP contribution >= 0.6 is 0 Å². The number of imidazole rings is 1. The summed E-state index contributed by atoms with van der Waals surface area (Å²) in [6.45, 7) is -0.530. The first-order chi connectivity index (χ1) is 10.6. The van der Waals surface area contributed by atoms with Crippen LogP contribution in [0.3, 0.4) is 0 Å². The molecule has 0 radical (unpaired) electrons. The molecule has 0 saturated carbocycles. The first-order valence-electron chi connectivity index (χ1n) is 6.72. The number of aromatic nitrogens is 4. The van der Waals surface area contributed by atoms with Crippen LogP contribution in [0.15, 0.2) is 31.0 Å². The van der Waals surface area contributed by atoms with Crippen molar-refractivity contribution >= 4 is 16.7 Å². The van der Waals surface area contributed by atoms with E-state index in [0.29, 0.717) is 16.7 Å². The molecule has 22 heavy (non-hydrogen) atoms. The molecule has 4 heterocycles.